The minimum Gasteiger partial charge on any atom is -0.461 e. The van der Waals surface area contributed by atoms with Gasteiger partial charge in [-0.3, -0.25) is 9.69 Å². The van der Waals surface area contributed by atoms with Crippen molar-refractivity contribution in [3.05, 3.63) is 54.2 Å². The van der Waals surface area contributed by atoms with Crippen LogP contribution in [0.25, 0.3) is 28.3 Å². The molecule has 0 spiro atoms. The van der Waals surface area contributed by atoms with E-state index >= 15 is 0 Å². The van der Waals surface area contributed by atoms with Crippen LogP contribution in [0.15, 0.2) is 47.2 Å². The Balaban J connectivity index is 1.05. The first kappa shape index (κ1) is 27.6. The number of carbonyl (C=O) groups excluding carboxylic acids is 1. The largest absolute Gasteiger partial charge is 0.461 e. The fraction of sp³-hybridized carbons (Fsp3) is 0.370. The number of fused-ring (bicyclic) bond motifs is 3. The molecule has 14 nitrogen and oxygen atoms in total. The summed E-state index contributed by atoms with van der Waals surface area (Å²) in [6.45, 7) is 5.54. The third kappa shape index (κ3) is 5.61. The second kappa shape index (κ2) is 12.1. The number of amides is 1. The van der Waals surface area contributed by atoms with Crippen LogP contribution in [0.2, 0.25) is 0 Å². The molecule has 4 aromatic heterocycles. The summed E-state index contributed by atoms with van der Waals surface area (Å²) in [4.78, 5) is 25.8. The molecular weight excluding hydrogens is 545 g/mol. The van der Waals surface area contributed by atoms with E-state index in [2.05, 4.69) is 35.7 Å². The molecule has 1 aromatic carbocycles. The Kier molecular flexibility index (Phi) is 7.94. The quantitative estimate of drug-likeness (QED) is 0.162. The molecule has 1 aliphatic rings. The van der Waals surface area contributed by atoms with Gasteiger partial charge < -0.3 is 30.8 Å². The van der Waals surface area contributed by atoms with Gasteiger partial charge in [-0.25, -0.2) is 14.1 Å². The zero-order chi connectivity index (χ0) is 29.1. The van der Waals surface area contributed by atoms with Crippen molar-refractivity contribution in [2.45, 2.75) is 6.54 Å². The fourth-order valence-electron chi connectivity index (χ4n) is 5.05. The number of benzene rings is 1. The molecule has 0 bridgehead atoms. The van der Waals surface area contributed by atoms with Crippen molar-refractivity contribution in [1.29, 1.82) is 0 Å². The topological polar surface area (TPSA) is 168 Å². The van der Waals surface area contributed by atoms with Crippen molar-refractivity contribution in [2.24, 2.45) is 0 Å². The number of halogens is 1. The average molecular weight is 578 g/mol. The molecule has 0 radical (unpaired) electrons. The molecule has 220 valence electrons. The number of aliphatic hydroxyl groups is 1. The first-order valence-corrected chi connectivity index (χ1v) is 13.8. The Morgan fingerprint density at radius 3 is 2.69 bits per heavy atom. The van der Waals surface area contributed by atoms with Crippen LogP contribution < -0.4 is 21.3 Å². The minimum atomic E-state index is -0.420. The van der Waals surface area contributed by atoms with Crippen LogP contribution in [0.1, 0.15) is 10.4 Å². The number of nitrogens with two attached hydrogens (primary N) is 1. The Labute approximate surface area is 239 Å². The highest BCUT2D eigenvalue weighted by Gasteiger charge is 2.22. The van der Waals surface area contributed by atoms with Crippen LogP contribution in [-0.4, -0.2) is 104 Å². The van der Waals surface area contributed by atoms with Crippen LogP contribution in [0, 0.1) is 5.82 Å². The standard InChI is InChI=1S/C27H32FN11O3/c28-20-16-18(26(41)31-6-5-30-7-14-40)3-4-21(20)37-11-8-36(9-12-37)10-13-38-24-19(17-32-38)25-33-23(22-2-1-15-42-22)35-39(25)27(29)34-24/h1-4,15-17,30,40H,5-14H2,(H2,29,34)(H,31,41). The van der Waals surface area contributed by atoms with Crippen molar-refractivity contribution < 1.29 is 18.7 Å². The van der Waals surface area contributed by atoms with Crippen LogP contribution in [-0.2, 0) is 6.54 Å². The molecule has 0 unspecified atom stereocenters. The fourth-order valence-corrected chi connectivity index (χ4v) is 5.05. The van der Waals surface area contributed by atoms with Crippen LogP contribution in [0.5, 0.6) is 0 Å². The molecule has 15 heteroatoms. The number of hydrogen-bond donors (Lipinski definition) is 4. The molecule has 0 aliphatic carbocycles. The van der Waals surface area contributed by atoms with E-state index in [9.17, 15) is 9.18 Å². The predicted molar refractivity (Wildman–Crippen MR) is 154 cm³/mol. The molecule has 5 heterocycles. The van der Waals surface area contributed by atoms with E-state index in [-0.39, 0.29) is 24.0 Å². The van der Waals surface area contributed by atoms with Gasteiger partial charge in [0.2, 0.25) is 11.8 Å². The molecule has 1 fully saturated rings. The number of rotatable bonds is 11. The summed E-state index contributed by atoms with van der Waals surface area (Å²) >= 11 is 0. The molecule has 42 heavy (non-hydrogen) atoms. The molecule has 0 saturated carbocycles. The third-order valence-electron chi connectivity index (χ3n) is 7.27. The lowest BCUT2D eigenvalue weighted by molar-refractivity contribution is 0.0953. The van der Waals surface area contributed by atoms with E-state index in [1.54, 1.807) is 36.7 Å². The number of carbonyl (C=O) groups is 1. The van der Waals surface area contributed by atoms with Crippen molar-refractivity contribution in [2.75, 3.05) is 69.6 Å². The zero-order valence-corrected chi connectivity index (χ0v) is 22.9. The monoisotopic (exact) mass is 577 g/mol. The summed E-state index contributed by atoms with van der Waals surface area (Å²) < 4.78 is 23.7. The molecule has 5 N–H and O–H groups in total. The van der Waals surface area contributed by atoms with Crippen molar-refractivity contribution in [3.8, 4) is 11.6 Å². The number of nitrogen functional groups attached to an aromatic ring is 1. The molecule has 0 atom stereocenters. The van der Waals surface area contributed by atoms with E-state index in [1.165, 1.54) is 10.6 Å². The summed E-state index contributed by atoms with van der Waals surface area (Å²) in [5, 5.41) is 24.2. The van der Waals surface area contributed by atoms with Crippen LogP contribution in [0.3, 0.4) is 0 Å². The first-order chi connectivity index (χ1) is 20.5. The number of anilines is 2. The Morgan fingerprint density at radius 2 is 1.93 bits per heavy atom. The Hall–Kier alpha value is -4.60. The lowest BCUT2D eigenvalue weighted by Gasteiger charge is -2.36. The van der Waals surface area contributed by atoms with Crippen molar-refractivity contribution in [3.63, 3.8) is 0 Å². The first-order valence-electron chi connectivity index (χ1n) is 13.8. The number of aromatic nitrogens is 6. The summed E-state index contributed by atoms with van der Waals surface area (Å²) in [6, 6.07) is 8.14. The molecule has 5 aromatic rings. The third-order valence-corrected chi connectivity index (χ3v) is 7.27. The number of nitrogens with one attached hydrogen (secondary N) is 2. The zero-order valence-electron chi connectivity index (χ0n) is 22.9. The summed E-state index contributed by atoms with van der Waals surface area (Å²) in [5.74, 6) is 0.415. The van der Waals surface area contributed by atoms with Gasteiger partial charge in [-0.2, -0.15) is 14.6 Å². The van der Waals surface area contributed by atoms with E-state index in [0.29, 0.717) is 67.8 Å². The maximum Gasteiger partial charge on any atom is 0.251 e. The van der Waals surface area contributed by atoms with Crippen LogP contribution >= 0.6 is 0 Å². The molecule has 1 saturated heterocycles. The molecule has 6 rings (SSSR count). The van der Waals surface area contributed by atoms with Gasteiger partial charge in [0.25, 0.3) is 5.91 Å². The molecular formula is C27H32FN11O3. The highest BCUT2D eigenvalue weighted by molar-refractivity contribution is 5.94. The lowest BCUT2D eigenvalue weighted by atomic mass is 10.1. The number of aliphatic hydroxyl groups excluding tert-OH is 1. The van der Waals surface area contributed by atoms with Gasteiger partial charge >= 0.3 is 0 Å². The minimum absolute atomic E-state index is 0.0338. The van der Waals surface area contributed by atoms with Crippen LogP contribution in [0.4, 0.5) is 16.0 Å². The van der Waals surface area contributed by atoms with E-state index in [1.807, 2.05) is 9.58 Å². The number of nitrogens with zero attached hydrogens (tertiary/aromatic N) is 8. The number of furan rings is 1. The predicted octanol–water partition coefficient (Wildman–Crippen LogP) is 0.589. The second-order valence-corrected chi connectivity index (χ2v) is 9.95. The van der Waals surface area contributed by atoms with E-state index in [0.717, 1.165) is 25.0 Å². The molecule has 1 amide bonds. The van der Waals surface area contributed by atoms with Gasteiger partial charge in [0, 0.05) is 57.9 Å². The SMILES string of the molecule is Nc1nc2c(cnn2CCN2CCN(c3ccc(C(=O)NCCNCCO)cc3F)CC2)c2nc(-c3ccco3)nn12. The van der Waals surface area contributed by atoms with Gasteiger partial charge in [-0.15, -0.1) is 5.10 Å². The average Bonchev–Trinajstić information content (AvgIpc) is 3.76. The van der Waals surface area contributed by atoms with Gasteiger partial charge in [0.1, 0.15) is 5.82 Å². The Bertz CT molecular complexity index is 1680. The van der Waals surface area contributed by atoms with Gasteiger partial charge in [-0.05, 0) is 30.3 Å². The summed E-state index contributed by atoms with van der Waals surface area (Å²) in [5.41, 5.74) is 8.15. The van der Waals surface area contributed by atoms with E-state index < -0.39 is 5.82 Å². The maximum absolute atomic E-state index is 15.0. The number of hydrogen-bond acceptors (Lipinski definition) is 11. The highest BCUT2D eigenvalue weighted by atomic mass is 19.1. The number of piperazine rings is 1. The van der Waals surface area contributed by atoms with Gasteiger partial charge in [0.05, 0.1) is 36.7 Å². The van der Waals surface area contributed by atoms with Crippen molar-refractivity contribution >= 4 is 34.2 Å². The smallest absolute Gasteiger partial charge is 0.251 e. The second-order valence-electron chi connectivity index (χ2n) is 9.95. The summed E-state index contributed by atoms with van der Waals surface area (Å²) in [7, 11) is 0. The Morgan fingerprint density at radius 1 is 1.07 bits per heavy atom. The van der Waals surface area contributed by atoms with Crippen molar-refractivity contribution in [1.82, 2.24) is 44.9 Å². The lowest BCUT2D eigenvalue weighted by Crippen LogP contribution is -2.47. The highest BCUT2D eigenvalue weighted by Crippen LogP contribution is 2.24. The van der Waals surface area contributed by atoms with E-state index in [4.69, 9.17) is 15.3 Å². The van der Waals surface area contributed by atoms with Gasteiger partial charge in [-0.1, -0.05) is 0 Å². The van der Waals surface area contributed by atoms with Gasteiger partial charge in [0.15, 0.2) is 17.1 Å². The summed E-state index contributed by atoms with van der Waals surface area (Å²) in [6.07, 6.45) is 3.28. The maximum atomic E-state index is 15.0. The normalized spacial score (nSPS) is 14.3. The molecule has 1 aliphatic heterocycles.